The van der Waals surface area contributed by atoms with E-state index in [-0.39, 0.29) is 17.9 Å². The van der Waals surface area contributed by atoms with E-state index in [0.717, 1.165) is 31.2 Å². The molecule has 3 rings (SSSR count). The summed E-state index contributed by atoms with van der Waals surface area (Å²) in [5.41, 5.74) is 5.30. The van der Waals surface area contributed by atoms with E-state index in [1.165, 1.54) is 11.3 Å². The summed E-state index contributed by atoms with van der Waals surface area (Å²) in [6.45, 7) is 3.40. The SMILES string of the molecule is CC(C)(N)N1C(=O)NC(Cc2ccccc2)(C2CCCCC2)C1=O. The largest absolute Gasteiger partial charge is 0.326 e. The van der Waals surface area contributed by atoms with Gasteiger partial charge in [0.1, 0.15) is 5.54 Å². The van der Waals surface area contributed by atoms with Crippen molar-refractivity contribution in [2.45, 2.75) is 63.6 Å². The van der Waals surface area contributed by atoms with Gasteiger partial charge in [0.05, 0.1) is 5.66 Å². The highest BCUT2D eigenvalue weighted by Crippen LogP contribution is 2.40. The molecule has 5 nitrogen and oxygen atoms in total. The molecular weight excluding hydrogens is 302 g/mol. The molecule has 130 valence electrons. The Kier molecular flexibility index (Phi) is 4.38. The fourth-order valence-electron chi connectivity index (χ4n) is 4.17. The fourth-order valence-corrected chi connectivity index (χ4v) is 4.17. The van der Waals surface area contributed by atoms with Crippen LogP contribution in [0, 0.1) is 5.92 Å². The summed E-state index contributed by atoms with van der Waals surface area (Å²) < 4.78 is 0. The van der Waals surface area contributed by atoms with E-state index >= 15 is 0 Å². The van der Waals surface area contributed by atoms with E-state index in [1.54, 1.807) is 13.8 Å². The Balaban J connectivity index is 1.99. The van der Waals surface area contributed by atoms with E-state index in [9.17, 15) is 9.59 Å². The number of carbonyl (C=O) groups excluding carboxylic acids is 2. The molecule has 1 heterocycles. The Morgan fingerprint density at radius 1 is 1.17 bits per heavy atom. The molecule has 1 unspecified atom stereocenters. The maximum absolute atomic E-state index is 13.4. The van der Waals surface area contributed by atoms with Crippen molar-refractivity contribution in [3.8, 4) is 0 Å². The van der Waals surface area contributed by atoms with E-state index in [4.69, 9.17) is 5.73 Å². The van der Waals surface area contributed by atoms with Crippen molar-refractivity contribution in [2.75, 3.05) is 0 Å². The Hall–Kier alpha value is -1.88. The number of rotatable bonds is 4. The molecule has 24 heavy (non-hydrogen) atoms. The van der Waals surface area contributed by atoms with E-state index < -0.39 is 11.2 Å². The number of benzene rings is 1. The summed E-state index contributed by atoms with van der Waals surface area (Å²) in [4.78, 5) is 27.2. The third-order valence-electron chi connectivity index (χ3n) is 5.32. The van der Waals surface area contributed by atoms with Crippen molar-refractivity contribution in [2.24, 2.45) is 11.7 Å². The van der Waals surface area contributed by atoms with Crippen molar-refractivity contribution in [1.29, 1.82) is 0 Å². The summed E-state index contributed by atoms with van der Waals surface area (Å²) >= 11 is 0. The molecule has 1 aliphatic carbocycles. The molecular formula is C19H27N3O2. The van der Waals surface area contributed by atoms with Gasteiger partial charge >= 0.3 is 6.03 Å². The van der Waals surface area contributed by atoms with Crippen molar-refractivity contribution in [3.05, 3.63) is 35.9 Å². The lowest BCUT2D eigenvalue weighted by atomic mass is 9.71. The van der Waals surface area contributed by atoms with Gasteiger partial charge in [-0.05, 0) is 38.2 Å². The quantitative estimate of drug-likeness (QED) is 0.834. The Morgan fingerprint density at radius 3 is 2.33 bits per heavy atom. The standard InChI is InChI=1S/C19H27N3O2/c1-18(2,20)22-16(23)19(21-17(22)24,15-11-7-4-8-12-15)13-14-9-5-3-6-10-14/h3,5-6,9-10,15H,4,7-8,11-13,20H2,1-2H3,(H,21,24). The van der Waals surface area contributed by atoms with Crippen LogP contribution in [0.4, 0.5) is 4.79 Å². The number of carbonyl (C=O) groups is 2. The fraction of sp³-hybridized carbons (Fsp3) is 0.579. The molecule has 1 saturated heterocycles. The van der Waals surface area contributed by atoms with Crippen molar-refractivity contribution in [1.82, 2.24) is 10.2 Å². The second kappa shape index (κ2) is 6.20. The average Bonchev–Trinajstić information content (AvgIpc) is 2.80. The topological polar surface area (TPSA) is 75.4 Å². The predicted octanol–water partition coefficient (Wildman–Crippen LogP) is 2.79. The molecule has 1 saturated carbocycles. The van der Waals surface area contributed by atoms with E-state index in [0.29, 0.717) is 6.42 Å². The number of urea groups is 1. The number of imide groups is 1. The molecule has 2 aliphatic rings. The highest BCUT2D eigenvalue weighted by atomic mass is 16.2. The maximum atomic E-state index is 13.4. The van der Waals surface area contributed by atoms with Gasteiger partial charge in [-0.2, -0.15) is 0 Å². The van der Waals surface area contributed by atoms with Crippen LogP contribution in [-0.4, -0.2) is 28.0 Å². The van der Waals surface area contributed by atoms with Gasteiger partial charge in [0.15, 0.2) is 0 Å². The molecule has 1 aliphatic heterocycles. The summed E-state index contributed by atoms with van der Waals surface area (Å²) in [6, 6.07) is 9.56. The van der Waals surface area contributed by atoms with Gasteiger partial charge in [-0.1, -0.05) is 49.6 Å². The lowest BCUT2D eigenvalue weighted by molar-refractivity contribution is -0.137. The van der Waals surface area contributed by atoms with Gasteiger partial charge in [-0.25, -0.2) is 9.69 Å². The van der Waals surface area contributed by atoms with Gasteiger partial charge < -0.3 is 11.1 Å². The van der Waals surface area contributed by atoms with Crippen LogP contribution in [0.5, 0.6) is 0 Å². The molecule has 3 amide bonds. The van der Waals surface area contributed by atoms with Crippen LogP contribution in [0.2, 0.25) is 0 Å². The van der Waals surface area contributed by atoms with Crippen LogP contribution in [0.25, 0.3) is 0 Å². The predicted molar refractivity (Wildman–Crippen MR) is 93.1 cm³/mol. The van der Waals surface area contributed by atoms with Crippen LogP contribution < -0.4 is 11.1 Å². The lowest BCUT2D eigenvalue weighted by Crippen LogP contribution is -2.58. The number of hydrogen-bond acceptors (Lipinski definition) is 3. The highest BCUT2D eigenvalue weighted by molar-refractivity contribution is 6.08. The summed E-state index contributed by atoms with van der Waals surface area (Å²) in [5.74, 6) is -0.00832. The number of nitrogens with zero attached hydrogens (tertiary/aromatic N) is 1. The number of amides is 3. The summed E-state index contributed by atoms with van der Waals surface area (Å²) in [5, 5.41) is 3.05. The number of hydrogen-bond donors (Lipinski definition) is 2. The van der Waals surface area contributed by atoms with Gasteiger partial charge in [0.2, 0.25) is 0 Å². The lowest BCUT2D eigenvalue weighted by Gasteiger charge is -2.38. The van der Waals surface area contributed by atoms with Crippen molar-refractivity contribution in [3.63, 3.8) is 0 Å². The first-order chi connectivity index (χ1) is 11.3. The molecule has 5 heteroatoms. The molecule has 0 aromatic heterocycles. The molecule has 0 spiro atoms. The Bertz CT molecular complexity index is 617. The molecule has 1 aromatic carbocycles. The number of nitrogens with two attached hydrogens (primary N) is 1. The van der Waals surface area contributed by atoms with Crippen LogP contribution in [0.15, 0.2) is 30.3 Å². The maximum Gasteiger partial charge on any atom is 0.326 e. The highest BCUT2D eigenvalue weighted by Gasteiger charge is 2.58. The first-order valence-corrected chi connectivity index (χ1v) is 8.84. The molecule has 0 bridgehead atoms. The minimum atomic E-state index is -1.01. The molecule has 3 N–H and O–H groups in total. The first-order valence-electron chi connectivity index (χ1n) is 8.84. The molecule has 1 aromatic rings. The van der Waals surface area contributed by atoms with Crippen molar-refractivity contribution >= 4 is 11.9 Å². The molecule has 2 fully saturated rings. The molecule has 1 atom stereocenters. The second-order valence-corrected chi connectivity index (χ2v) is 7.69. The zero-order valence-electron chi connectivity index (χ0n) is 14.5. The number of nitrogens with one attached hydrogen (secondary N) is 1. The van der Waals surface area contributed by atoms with Gasteiger partial charge in [0, 0.05) is 6.42 Å². The Morgan fingerprint density at radius 2 is 1.79 bits per heavy atom. The second-order valence-electron chi connectivity index (χ2n) is 7.69. The smallest absolute Gasteiger partial charge is 0.322 e. The van der Waals surface area contributed by atoms with Crippen LogP contribution in [0.3, 0.4) is 0 Å². The van der Waals surface area contributed by atoms with Crippen LogP contribution >= 0.6 is 0 Å². The Labute approximate surface area is 143 Å². The monoisotopic (exact) mass is 329 g/mol. The van der Waals surface area contributed by atoms with Crippen LogP contribution in [-0.2, 0) is 11.2 Å². The zero-order chi connectivity index (χ0) is 17.4. The summed E-state index contributed by atoms with van der Waals surface area (Å²) in [7, 11) is 0. The molecule has 0 radical (unpaired) electrons. The summed E-state index contributed by atoms with van der Waals surface area (Å²) in [6.07, 6.45) is 5.88. The van der Waals surface area contributed by atoms with E-state index in [1.807, 2.05) is 30.3 Å². The normalized spacial score (nSPS) is 25.9. The van der Waals surface area contributed by atoms with Gasteiger partial charge in [-0.15, -0.1) is 0 Å². The third kappa shape index (κ3) is 2.93. The van der Waals surface area contributed by atoms with E-state index in [2.05, 4.69) is 5.32 Å². The van der Waals surface area contributed by atoms with Gasteiger partial charge in [-0.3, -0.25) is 4.79 Å². The van der Waals surface area contributed by atoms with Crippen LogP contribution in [0.1, 0.15) is 51.5 Å². The zero-order valence-corrected chi connectivity index (χ0v) is 14.5. The first kappa shape index (κ1) is 17.0. The minimum Gasteiger partial charge on any atom is -0.322 e. The third-order valence-corrected chi connectivity index (χ3v) is 5.32. The van der Waals surface area contributed by atoms with Gasteiger partial charge in [0.25, 0.3) is 5.91 Å². The minimum absolute atomic E-state index is 0.162. The average molecular weight is 329 g/mol. The van der Waals surface area contributed by atoms with Crippen molar-refractivity contribution < 1.29 is 9.59 Å².